The highest BCUT2D eigenvalue weighted by atomic mass is 16.4. The van der Waals surface area contributed by atoms with E-state index in [1.807, 2.05) is 0 Å². The molecule has 3 aliphatic rings. The van der Waals surface area contributed by atoms with Crippen LogP contribution in [-0.4, -0.2) is 47.2 Å². The maximum absolute atomic E-state index is 11.2. The molecule has 0 radical (unpaired) electrons. The second-order valence-electron chi connectivity index (χ2n) is 7.79. The average Bonchev–Trinajstić information content (AvgIpc) is 3.01. The highest BCUT2D eigenvalue weighted by Gasteiger charge is 2.34. The summed E-state index contributed by atoms with van der Waals surface area (Å²) >= 11 is 0. The summed E-state index contributed by atoms with van der Waals surface area (Å²) in [7, 11) is 0. The predicted molar refractivity (Wildman–Crippen MR) is 88.0 cm³/mol. The van der Waals surface area contributed by atoms with Crippen molar-refractivity contribution < 1.29 is 9.90 Å². The van der Waals surface area contributed by atoms with E-state index in [-0.39, 0.29) is 0 Å². The fraction of sp³-hybridized carbons (Fsp3) is 0.944. The van der Waals surface area contributed by atoms with Crippen LogP contribution in [0, 0.1) is 5.92 Å². The smallest absolute Gasteiger partial charge is 0.303 e. The molecule has 1 aliphatic heterocycles. The molecular weight excluding hydrogens is 276 g/mol. The molecule has 0 amide bonds. The molecule has 2 saturated carbocycles. The molecule has 126 valence electrons. The number of likely N-dealkylation sites (tertiary alicyclic amines) is 1. The predicted octanol–water partition coefficient (Wildman–Crippen LogP) is 3.02. The molecular formula is C18H32N2O2. The van der Waals surface area contributed by atoms with Gasteiger partial charge in [-0.05, 0) is 38.0 Å². The Morgan fingerprint density at radius 3 is 2.32 bits per heavy atom. The number of nitrogens with one attached hydrogen (secondary N) is 1. The third kappa shape index (κ3) is 4.45. The van der Waals surface area contributed by atoms with Gasteiger partial charge in [0.1, 0.15) is 0 Å². The summed E-state index contributed by atoms with van der Waals surface area (Å²) in [5, 5.41) is 13.1. The maximum atomic E-state index is 11.2. The van der Waals surface area contributed by atoms with E-state index in [1.54, 1.807) is 0 Å². The minimum Gasteiger partial charge on any atom is -0.481 e. The first-order valence-electron chi connectivity index (χ1n) is 9.42. The summed E-state index contributed by atoms with van der Waals surface area (Å²) < 4.78 is 0. The van der Waals surface area contributed by atoms with Crippen LogP contribution >= 0.6 is 0 Å². The van der Waals surface area contributed by atoms with Crippen molar-refractivity contribution in [2.24, 2.45) is 5.92 Å². The number of carboxylic acid groups (broad SMARTS) is 1. The first kappa shape index (κ1) is 16.3. The zero-order chi connectivity index (χ0) is 15.4. The van der Waals surface area contributed by atoms with E-state index < -0.39 is 5.97 Å². The summed E-state index contributed by atoms with van der Waals surface area (Å²) in [6.07, 6.45) is 13.4. The van der Waals surface area contributed by atoms with E-state index in [0.717, 1.165) is 19.5 Å². The van der Waals surface area contributed by atoms with E-state index in [4.69, 9.17) is 0 Å². The van der Waals surface area contributed by atoms with Gasteiger partial charge in [-0.2, -0.15) is 0 Å². The van der Waals surface area contributed by atoms with E-state index in [9.17, 15) is 9.90 Å². The molecule has 1 saturated heterocycles. The van der Waals surface area contributed by atoms with Gasteiger partial charge in [0.05, 0.1) is 0 Å². The highest BCUT2D eigenvalue weighted by molar-refractivity contribution is 5.67. The molecule has 22 heavy (non-hydrogen) atoms. The van der Waals surface area contributed by atoms with Crippen molar-refractivity contribution in [3.8, 4) is 0 Å². The Balaban J connectivity index is 1.58. The minimum absolute atomic E-state index is 0.327. The molecule has 2 aliphatic carbocycles. The molecule has 0 aromatic carbocycles. The number of carbonyl (C=O) groups is 1. The van der Waals surface area contributed by atoms with Gasteiger partial charge >= 0.3 is 5.97 Å². The van der Waals surface area contributed by atoms with Gasteiger partial charge in [0, 0.05) is 37.6 Å². The van der Waals surface area contributed by atoms with Crippen LogP contribution < -0.4 is 5.32 Å². The zero-order valence-corrected chi connectivity index (χ0v) is 13.8. The Kier molecular flexibility index (Phi) is 5.75. The molecule has 0 spiro atoms. The number of aliphatic carboxylic acids is 1. The Bertz CT molecular complexity index is 362. The van der Waals surface area contributed by atoms with E-state index in [2.05, 4.69) is 10.2 Å². The normalized spacial score (nSPS) is 32.4. The molecule has 4 heteroatoms. The summed E-state index contributed by atoms with van der Waals surface area (Å²) in [5.74, 6) is -0.303. The Morgan fingerprint density at radius 2 is 1.64 bits per heavy atom. The van der Waals surface area contributed by atoms with Gasteiger partial charge in [-0.1, -0.05) is 32.1 Å². The molecule has 0 aromatic rings. The van der Waals surface area contributed by atoms with Crippen LogP contribution in [0.4, 0.5) is 0 Å². The second-order valence-corrected chi connectivity index (χ2v) is 7.79. The number of carboxylic acids is 1. The van der Waals surface area contributed by atoms with Crippen molar-refractivity contribution in [1.29, 1.82) is 0 Å². The maximum Gasteiger partial charge on any atom is 0.303 e. The van der Waals surface area contributed by atoms with Gasteiger partial charge in [-0.25, -0.2) is 0 Å². The van der Waals surface area contributed by atoms with Crippen LogP contribution in [0.15, 0.2) is 0 Å². The lowest BCUT2D eigenvalue weighted by molar-refractivity contribution is -0.138. The molecule has 3 rings (SSSR count). The number of rotatable bonds is 5. The van der Waals surface area contributed by atoms with Gasteiger partial charge < -0.3 is 10.4 Å². The number of hydrogen-bond donors (Lipinski definition) is 2. The zero-order valence-electron chi connectivity index (χ0n) is 13.8. The first-order valence-corrected chi connectivity index (χ1v) is 9.42. The lowest BCUT2D eigenvalue weighted by atomic mass is 9.88. The van der Waals surface area contributed by atoms with Crippen molar-refractivity contribution in [1.82, 2.24) is 10.2 Å². The van der Waals surface area contributed by atoms with E-state index in [0.29, 0.717) is 30.5 Å². The molecule has 2 atom stereocenters. The van der Waals surface area contributed by atoms with Crippen LogP contribution in [0.25, 0.3) is 0 Å². The number of nitrogens with zero attached hydrogens (tertiary/aromatic N) is 1. The number of piperidine rings is 1. The van der Waals surface area contributed by atoms with Gasteiger partial charge in [-0.3, -0.25) is 9.69 Å². The lowest BCUT2D eigenvalue weighted by Gasteiger charge is -2.42. The lowest BCUT2D eigenvalue weighted by Crippen LogP contribution is -2.54. The molecule has 4 nitrogen and oxygen atoms in total. The van der Waals surface area contributed by atoms with Crippen molar-refractivity contribution in [3.63, 3.8) is 0 Å². The van der Waals surface area contributed by atoms with Gasteiger partial charge in [0.25, 0.3) is 0 Å². The van der Waals surface area contributed by atoms with Gasteiger partial charge in [0.15, 0.2) is 0 Å². The Labute approximate surface area is 134 Å². The topological polar surface area (TPSA) is 52.6 Å². The number of hydrogen-bond acceptors (Lipinski definition) is 3. The van der Waals surface area contributed by atoms with Crippen LogP contribution in [0.2, 0.25) is 0 Å². The third-order valence-electron chi connectivity index (χ3n) is 5.95. The van der Waals surface area contributed by atoms with Gasteiger partial charge in [0.2, 0.25) is 0 Å². The molecule has 3 fully saturated rings. The average molecular weight is 308 g/mol. The van der Waals surface area contributed by atoms with Crippen LogP contribution in [0.5, 0.6) is 0 Å². The summed E-state index contributed by atoms with van der Waals surface area (Å²) in [5.41, 5.74) is 0. The Morgan fingerprint density at radius 1 is 0.955 bits per heavy atom. The standard InChI is InChI=1S/C18H32N2O2/c21-18(22)11-14-10-16(19-15-6-2-1-3-7-15)13-20(12-14)17-8-4-5-9-17/h14-17,19H,1-13H2,(H,21,22). The molecule has 1 heterocycles. The van der Waals surface area contributed by atoms with Crippen LogP contribution in [0.3, 0.4) is 0 Å². The van der Waals surface area contributed by atoms with Gasteiger partial charge in [-0.15, -0.1) is 0 Å². The van der Waals surface area contributed by atoms with Crippen LogP contribution in [0.1, 0.15) is 70.6 Å². The van der Waals surface area contributed by atoms with E-state index in [1.165, 1.54) is 57.8 Å². The highest BCUT2D eigenvalue weighted by Crippen LogP contribution is 2.30. The van der Waals surface area contributed by atoms with Crippen molar-refractivity contribution in [2.75, 3.05) is 13.1 Å². The Hall–Kier alpha value is -0.610. The summed E-state index contributed by atoms with van der Waals surface area (Å²) in [4.78, 5) is 13.8. The summed E-state index contributed by atoms with van der Waals surface area (Å²) in [6.45, 7) is 2.14. The molecule has 0 aromatic heterocycles. The van der Waals surface area contributed by atoms with E-state index >= 15 is 0 Å². The third-order valence-corrected chi connectivity index (χ3v) is 5.95. The SMILES string of the molecule is O=C(O)CC1CC(NC2CCCCC2)CN(C2CCCC2)C1. The second kappa shape index (κ2) is 7.78. The fourth-order valence-corrected chi connectivity index (χ4v) is 4.93. The molecule has 0 bridgehead atoms. The largest absolute Gasteiger partial charge is 0.481 e. The molecule has 2 unspecified atom stereocenters. The van der Waals surface area contributed by atoms with Crippen molar-refractivity contribution in [2.45, 2.75) is 88.8 Å². The van der Waals surface area contributed by atoms with Crippen molar-refractivity contribution >= 4 is 5.97 Å². The quantitative estimate of drug-likeness (QED) is 0.820. The summed E-state index contributed by atoms with van der Waals surface area (Å²) in [6, 6.07) is 1.89. The van der Waals surface area contributed by atoms with Crippen LogP contribution in [-0.2, 0) is 4.79 Å². The minimum atomic E-state index is -0.630. The van der Waals surface area contributed by atoms with Crippen molar-refractivity contribution in [3.05, 3.63) is 0 Å². The molecule has 2 N–H and O–H groups in total. The monoisotopic (exact) mass is 308 g/mol. The first-order chi connectivity index (χ1) is 10.7. The fourth-order valence-electron chi connectivity index (χ4n) is 4.93.